The first-order valence-corrected chi connectivity index (χ1v) is 5.92. The van der Waals surface area contributed by atoms with Crippen LogP contribution in [0.5, 0.6) is 0 Å². The summed E-state index contributed by atoms with van der Waals surface area (Å²) >= 11 is 0. The molecule has 0 radical (unpaired) electrons. The number of rotatable bonds is 5. The van der Waals surface area contributed by atoms with Gasteiger partial charge in [-0.2, -0.15) is 0 Å². The van der Waals surface area contributed by atoms with Gasteiger partial charge in [0.05, 0.1) is 17.4 Å². The quantitative estimate of drug-likeness (QED) is 0.458. The molecular weight excluding hydrogens is 234 g/mol. The summed E-state index contributed by atoms with van der Waals surface area (Å²) in [6.45, 7) is 5.75. The molecule has 0 bridgehead atoms. The van der Waals surface area contributed by atoms with Crippen LogP contribution in [0.2, 0.25) is 0 Å². The molecule has 0 fully saturated rings. The molecule has 0 aliphatic carbocycles. The first-order valence-electron chi connectivity index (χ1n) is 5.92. The van der Waals surface area contributed by atoms with Gasteiger partial charge >= 0.3 is 5.97 Å². The molecular formula is C13H17NO4. The number of nitro groups is 1. The van der Waals surface area contributed by atoms with E-state index < -0.39 is 10.8 Å². The van der Waals surface area contributed by atoms with Gasteiger partial charge in [-0.1, -0.05) is 13.0 Å². The van der Waals surface area contributed by atoms with E-state index in [0.29, 0.717) is 18.6 Å². The molecule has 0 spiro atoms. The number of carbonyl (C=O) groups is 1. The van der Waals surface area contributed by atoms with Crippen LogP contribution < -0.4 is 0 Å². The predicted molar refractivity (Wildman–Crippen MR) is 67.5 cm³/mol. The zero-order chi connectivity index (χ0) is 13.7. The molecule has 0 amide bonds. The normalized spacial score (nSPS) is 11.9. The second-order valence-corrected chi connectivity index (χ2v) is 4.01. The molecule has 0 aliphatic heterocycles. The number of esters is 1. The molecule has 0 aromatic heterocycles. The smallest absolute Gasteiger partial charge is 0.313 e. The maximum Gasteiger partial charge on any atom is 0.313 e. The van der Waals surface area contributed by atoms with Crippen molar-refractivity contribution >= 4 is 11.7 Å². The third-order valence-corrected chi connectivity index (χ3v) is 2.83. The molecule has 1 aromatic rings. The second-order valence-electron chi connectivity index (χ2n) is 4.01. The van der Waals surface area contributed by atoms with Crippen molar-refractivity contribution in [1.29, 1.82) is 0 Å². The number of hydrogen-bond donors (Lipinski definition) is 0. The van der Waals surface area contributed by atoms with E-state index in [1.807, 2.05) is 13.8 Å². The van der Waals surface area contributed by atoms with Crippen LogP contribution in [-0.2, 0) is 9.53 Å². The molecule has 0 heterocycles. The highest BCUT2D eigenvalue weighted by Gasteiger charge is 2.23. The van der Waals surface area contributed by atoms with E-state index >= 15 is 0 Å². The van der Waals surface area contributed by atoms with E-state index in [9.17, 15) is 14.9 Å². The van der Waals surface area contributed by atoms with Crippen LogP contribution in [0, 0.1) is 17.0 Å². The zero-order valence-electron chi connectivity index (χ0n) is 10.8. The van der Waals surface area contributed by atoms with Crippen molar-refractivity contribution in [3.8, 4) is 0 Å². The first-order chi connectivity index (χ1) is 8.51. The number of hydrogen-bond acceptors (Lipinski definition) is 4. The molecule has 0 aliphatic rings. The lowest BCUT2D eigenvalue weighted by Crippen LogP contribution is -2.16. The Kier molecular flexibility index (Phi) is 4.83. The summed E-state index contributed by atoms with van der Waals surface area (Å²) in [7, 11) is 0. The average molecular weight is 251 g/mol. The van der Waals surface area contributed by atoms with Crippen molar-refractivity contribution in [3.63, 3.8) is 0 Å². The van der Waals surface area contributed by atoms with Crippen molar-refractivity contribution in [2.45, 2.75) is 33.1 Å². The summed E-state index contributed by atoms with van der Waals surface area (Å²) in [6.07, 6.45) is 0.556. The molecule has 0 N–H and O–H groups in total. The second kappa shape index (κ2) is 6.14. The minimum Gasteiger partial charge on any atom is -0.466 e. The van der Waals surface area contributed by atoms with Gasteiger partial charge in [-0.3, -0.25) is 14.9 Å². The topological polar surface area (TPSA) is 69.4 Å². The minimum absolute atomic E-state index is 0.00153. The largest absolute Gasteiger partial charge is 0.466 e. The van der Waals surface area contributed by atoms with E-state index in [1.165, 1.54) is 12.1 Å². The SMILES string of the molecule is CCOC(=O)C(CC)c1cc([N+](=O)[O-])ccc1C. The van der Waals surface area contributed by atoms with Crippen molar-refractivity contribution in [2.75, 3.05) is 6.61 Å². The van der Waals surface area contributed by atoms with E-state index in [1.54, 1.807) is 13.0 Å². The Morgan fingerprint density at radius 2 is 2.11 bits per heavy atom. The van der Waals surface area contributed by atoms with Gasteiger partial charge in [0.1, 0.15) is 0 Å². The molecule has 1 atom stereocenters. The minimum atomic E-state index is -0.458. The van der Waals surface area contributed by atoms with Gasteiger partial charge in [-0.15, -0.1) is 0 Å². The Bertz CT molecular complexity index is 456. The van der Waals surface area contributed by atoms with Crippen LogP contribution in [0.1, 0.15) is 37.3 Å². The molecule has 98 valence electrons. The van der Waals surface area contributed by atoms with Crippen LogP contribution in [0.3, 0.4) is 0 Å². The number of nitro benzene ring substituents is 1. The monoisotopic (exact) mass is 251 g/mol. The highest BCUT2D eigenvalue weighted by Crippen LogP contribution is 2.28. The van der Waals surface area contributed by atoms with Gasteiger partial charge in [0.15, 0.2) is 0 Å². The lowest BCUT2D eigenvalue weighted by atomic mass is 9.92. The van der Waals surface area contributed by atoms with Crippen molar-refractivity contribution in [1.82, 2.24) is 0 Å². The zero-order valence-corrected chi connectivity index (χ0v) is 10.8. The van der Waals surface area contributed by atoms with Crippen LogP contribution in [0.15, 0.2) is 18.2 Å². The summed E-state index contributed by atoms with van der Waals surface area (Å²) < 4.78 is 5.00. The molecule has 0 saturated heterocycles. The fourth-order valence-electron chi connectivity index (χ4n) is 1.87. The van der Waals surface area contributed by atoms with E-state index in [-0.39, 0.29) is 11.7 Å². The highest BCUT2D eigenvalue weighted by molar-refractivity contribution is 5.79. The van der Waals surface area contributed by atoms with Crippen molar-refractivity contribution < 1.29 is 14.5 Å². The lowest BCUT2D eigenvalue weighted by Gasteiger charge is -2.15. The van der Waals surface area contributed by atoms with Crippen LogP contribution in [0.25, 0.3) is 0 Å². The van der Waals surface area contributed by atoms with E-state index in [2.05, 4.69) is 0 Å². The maximum atomic E-state index is 11.8. The first kappa shape index (κ1) is 14.2. The third-order valence-electron chi connectivity index (χ3n) is 2.83. The number of benzene rings is 1. The lowest BCUT2D eigenvalue weighted by molar-refractivity contribution is -0.384. The molecule has 1 rings (SSSR count). The fraction of sp³-hybridized carbons (Fsp3) is 0.462. The number of nitrogens with zero attached hydrogens (tertiary/aromatic N) is 1. The summed E-state index contributed by atoms with van der Waals surface area (Å²) in [5.74, 6) is -0.770. The fourth-order valence-corrected chi connectivity index (χ4v) is 1.87. The number of non-ortho nitro benzene ring substituents is 1. The molecule has 0 saturated carbocycles. The van der Waals surface area contributed by atoms with Crippen LogP contribution in [0.4, 0.5) is 5.69 Å². The van der Waals surface area contributed by atoms with Crippen LogP contribution in [-0.4, -0.2) is 17.5 Å². The Labute approximate surface area is 106 Å². The third kappa shape index (κ3) is 3.06. The summed E-state index contributed by atoms with van der Waals surface area (Å²) in [4.78, 5) is 22.1. The molecule has 5 nitrogen and oxygen atoms in total. The van der Waals surface area contributed by atoms with Gasteiger partial charge in [0.2, 0.25) is 0 Å². The van der Waals surface area contributed by atoms with E-state index in [0.717, 1.165) is 5.56 Å². The average Bonchev–Trinajstić information content (AvgIpc) is 2.32. The standard InChI is InChI=1S/C13H17NO4/c1-4-11(13(15)18-5-2)12-8-10(14(16)17)7-6-9(12)3/h6-8,11H,4-5H2,1-3H3. The predicted octanol–water partition coefficient (Wildman–Crippen LogP) is 2.96. The van der Waals surface area contributed by atoms with Crippen molar-refractivity contribution in [3.05, 3.63) is 39.4 Å². The summed E-state index contributed by atoms with van der Waals surface area (Å²) in [6, 6.07) is 4.56. The number of carbonyl (C=O) groups excluding carboxylic acids is 1. The molecule has 1 unspecified atom stereocenters. The Morgan fingerprint density at radius 3 is 2.61 bits per heavy atom. The molecule has 1 aromatic carbocycles. The van der Waals surface area contributed by atoms with Gasteiger partial charge in [-0.25, -0.2) is 0 Å². The maximum absolute atomic E-state index is 11.8. The number of aryl methyl sites for hydroxylation is 1. The molecule has 5 heteroatoms. The van der Waals surface area contributed by atoms with Crippen LogP contribution >= 0.6 is 0 Å². The molecule has 18 heavy (non-hydrogen) atoms. The van der Waals surface area contributed by atoms with Gasteiger partial charge in [0, 0.05) is 12.1 Å². The summed E-state index contributed by atoms with van der Waals surface area (Å²) in [5.41, 5.74) is 1.53. The Hall–Kier alpha value is -1.91. The van der Waals surface area contributed by atoms with Gasteiger partial charge in [-0.05, 0) is 31.4 Å². The summed E-state index contributed by atoms with van der Waals surface area (Å²) in [5, 5.41) is 10.8. The van der Waals surface area contributed by atoms with Gasteiger partial charge in [0.25, 0.3) is 5.69 Å². The number of ether oxygens (including phenoxy) is 1. The van der Waals surface area contributed by atoms with Gasteiger partial charge < -0.3 is 4.74 Å². The van der Waals surface area contributed by atoms with Crippen molar-refractivity contribution in [2.24, 2.45) is 0 Å². The Morgan fingerprint density at radius 1 is 1.44 bits per heavy atom. The highest BCUT2D eigenvalue weighted by atomic mass is 16.6. The van der Waals surface area contributed by atoms with E-state index in [4.69, 9.17) is 4.74 Å². The Balaban J connectivity index is 3.15.